The molecule has 4 aromatic carbocycles. The summed E-state index contributed by atoms with van der Waals surface area (Å²) in [6, 6.07) is 35.9. The van der Waals surface area contributed by atoms with Gasteiger partial charge in [-0.2, -0.15) is 0 Å². The zero-order valence-corrected chi connectivity index (χ0v) is 23.8. The molecule has 0 fully saturated rings. The smallest absolute Gasteiger partial charge is 0.338 e. The van der Waals surface area contributed by atoms with Crippen molar-refractivity contribution in [3.05, 3.63) is 168 Å². The van der Waals surface area contributed by atoms with Gasteiger partial charge in [0.15, 0.2) is 4.80 Å². The van der Waals surface area contributed by atoms with Gasteiger partial charge in [0.2, 0.25) is 0 Å². The number of carbonyl (C=O) groups excluding carboxylic acids is 1. The number of hydrogen-bond acceptors (Lipinski definition) is 6. The summed E-state index contributed by atoms with van der Waals surface area (Å²) in [7, 11) is 0. The maximum absolute atomic E-state index is 13.9. The zero-order chi connectivity index (χ0) is 28.9. The quantitative estimate of drug-likeness (QED) is 0.229. The molecule has 1 aliphatic heterocycles. The van der Waals surface area contributed by atoms with E-state index in [0.29, 0.717) is 33.0 Å². The van der Waals surface area contributed by atoms with Gasteiger partial charge in [0.05, 0.1) is 21.8 Å². The van der Waals surface area contributed by atoms with Gasteiger partial charge in [-0.1, -0.05) is 114 Å². The lowest BCUT2D eigenvalue weighted by Crippen LogP contribution is -2.39. The van der Waals surface area contributed by atoms with Gasteiger partial charge in [0.1, 0.15) is 19.0 Å². The normalized spacial score (nSPS) is 14.7. The van der Waals surface area contributed by atoms with Crippen LogP contribution in [0.4, 0.5) is 0 Å². The number of ether oxygens (including phenoxy) is 2. The highest BCUT2D eigenvalue weighted by molar-refractivity contribution is 7.07. The van der Waals surface area contributed by atoms with E-state index in [1.165, 1.54) is 11.3 Å². The largest absolute Gasteiger partial charge is 0.489 e. The molecule has 0 N–H and O–H groups in total. The van der Waals surface area contributed by atoms with Gasteiger partial charge in [-0.15, -0.1) is 0 Å². The molecule has 6 rings (SSSR count). The highest BCUT2D eigenvalue weighted by atomic mass is 32.1. The molecule has 1 atom stereocenters. The number of aromatic nitrogens is 1. The molecule has 0 spiro atoms. The summed E-state index contributed by atoms with van der Waals surface area (Å²) in [6.07, 6.45) is 1.86. The number of carbonyl (C=O) groups is 1. The van der Waals surface area contributed by atoms with Gasteiger partial charge in [-0.05, 0) is 47.4 Å². The molecule has 0 radical (unpaired) electrons. The summed E-state index contributed by atoms with van der Waals surface area (Å²) < 4.78 is 13.9. The Morgan fingerprint density at radius 1 is 0.833 bits per heavy atom. The molecule has 7 heteroatoms. The fourth-order valence-corrected chi connectivity index (χ4v) is 5.93. The van der Waals surface area contributed by atoms with Crippen molar-refractivity contribution in [1.82, 2.24) is 4.57 Å². The predicted octanol–water partition coefficient (Wildman–Crippen LogP) is 5.56. The molecule has 0 amide bonds. The molecule has 6 nitrogen and oxygen atoms in total. The first kappa shape index (κ1) is 27.2. The zero-order valence-electron chi connectivity index (χ0n) is 23.0. The first-order valence-electron chi connectivity index (χ1n) is 13.6. The number of fused-ring (bicyclic) bond motifs is 1. The summed E-state index contributed by atoms with van der Waals surface area (Å²) in [5.74, 6) is 0.180. The predicted molar refractivity (Wildman–Crippen MR) is 164 cm³/mol. The number of esters is 1. The maximum atomic E-state index is 13.9. The van der Waals surface area contributed by atoms with Crippen molar-refractivity contribution in [2.24, 2.45) is 4.99 Å². The van der Waals surface area contributed by atoms with Crippen LogP contribution in [0.5, 0.6) is 5.75 Å². The van der Waals surface area contributed by atoms with Crippen molar-refractivity contribution in [1.29, 1.82) is 0 Å². The third kappa shape index (κ3) is 5.87. The molecule has 2 heterocycles. The minimum absolute atomic E-state index is 0.119. The molecule has 5 aromatic rings. The third-order valence-corrected chi connectivity index (χ3v) is 7.98. The lowest BCUT2D eigenvalue weighted by molar-refractivity contribution is -0.140. The number of rotatable bonds is 8. The molecule has 1 aromatic heterocycles. The second-order valence-corrected chi connectivity index (χ2v) is 10.9. The standard InChI is InChI=1S/C35H28N2O4S/c1-24-31(34(39)41-23-27-15-9-4-10-16-27)32(28-17-19-29(20-18-28)40-22-26-13-7-3-8-14-26)37-33(38)30(42-35(37)36-24)21-25-11-5-2-6-12-25/h2-21,32H,22-23H2,1H3/b30-21-. The van der Waals surface area contributed by atoms with Crippen molar-refractivity contribution in [3.8, 4) is 5.75 Å². The second kappa shape index (κ2) is 12.2. The molecule has 0 saturated carbocycles. The lowest BCUT2D eigenvalue weighted by atomic mass is 9.96. The van der Waals surface area contributed by atoms with E-state index in [1.54, 1.807) is 11.5 Å². The second-order valence-electron chi connectivity index (χ2n) is 9.90. The average Bonchev–Trinajstić information content (AvgIpc) is 3.33. The molecule has 0 saturated heterocycles. The average molecular weight is 573 g/mol. The van der Waals surface area contributed by atoms with Gasteiger partial charge in [0.25, 0.3) is 5.56 Å². The topological polar surface area (TPSA) is 69.9 Å². The SMILES string of the molecule is CC1=C(C(=O)OCc2ccccc2)C(c2ccc(OCc3ccccc3)cc2)n2c(s/c(=C\c3ccccc3)c2=O)=N1. The summed E-state index contributed by atoms with van der Waals surface area (Å²) in [4.78, 5) is 32.7. The van der Waals surface area contributed by atoms with Crippen LogP contribution in [-0.2, 0) is 22.7 Å². The molecule has 1 aliphatic rings. The molecule has 0 aliphatic carbocycles. The Balaban J connectivity index is 1.37. The Kier molecular flexibility index (Phi) is 7.92. The number of thiazole rings is 1. The van der Waals surface area contributed by atoms with E-state index in [4.69, 9.17) is 14.5 Å². The molecule has 208 valence electrons. The molecule has 1 unspecified atom stereocenters. The summed E-state index contributed by atoms with van der Waals surface area (Å²) in [5.41, 5.74) is 4.26. The first-order valence-corrected chi connectivity index (χ1v) is 14.4. The van der Waals surface area contributed by atoms with Crippen molar-refractivity contribution in [2.75, 3.05) is 0 Å². The monoisotopic (exact) mass is 572 g/mol. The van der Waals surface area contributed by atoms with Crippen LogP contribution in [0.1, 0.15) is 35.2 Å². The van der Waals surface area contributed by atoms with Crippen LogP contribution in [0.3, 0.4) is 0 Å². The third-order valence-electron chi connectivity index (χ3n) is 7.00. The van der Waals surface area contributed by atoms with Crippen molar-refractivity contribution in [3.63, 3.8) is 0 Å². The highest BCUT2D eigenvalue weighted by Crippen LogP contribution is 2.32. The van der Waals surface area contributed by atoms with E-state index in [0.717, 1.165) is 22.3 Å². The van der Waals surface area contributed by atoms with Crippen LogP contribution in [0.2, 0.25) is 0 Å². The number of nitrogens with zero attached hydrogens (tertiary/aromatic N) is 2. The van der Waals surface area contributed by atoms with E-state index >= 15 is 0 Å². The van der Waals surface area contributed by atoms with Gasteiger partial charge in [0, 0.05) is 0 Å². The van der Waals surface area contributed by atoms with Gasteiger partial charge < -0.3 is 9.47 Å². The maximum Gasteiger partial charge on any atom is 0.338 e. The summed E-state index contributed by atoms with van der Waals surface area (Å²) >= 11 is 1.31. The summed E-state index contributed by atoms with van der Waals surface area (Å²) in [6.45, 7) is 2.34. The van der Waals surface area contributed by atoms with E-state index in [9.17, 15) is 9.59 Å². The van der Waals surface area contributed by atoms with Crippen molar-refractivity contribution in [2.45, 2.75) is 26.2 Å². The Morgan fingerprint density at radius 2 is 1.43 bits per heavy atom. The Hall–Kier alpha value is -5.01. The minimum atomic E-state index is -0.703. The van der Waals surface area contributed by atoms with Crippen LogP contribution in [0, 0.1) is 0 Å². The van der Waals surface area contributed by atoms with Crippen LogP contribution in [-0.4, -0.2) is 10.5 Å². The lowest BCUT2D eigenvalue weighted by Gasteiger charge is -2.25. The van der Waals surface area contributed by atoms with Crippen LogP contribution in [0.25, 0.3) is 6.08 Å². The minimum Gasteiger partial charge on any atom is -0.489 e. The molecular weight excluding hydrogens is 544 g/mol. The Bertz CT molecular complexity index is 1910. The molecule has 0 bridgehead atoms. The summed E-state index contributed by atoms with van der Waals surface area (Å²) in [5, 5.41) is 0. The van der Waals surface area contributed by atoms with Gasteiger partial charge in [-0.3, -0.25) is 9.36 Å². The van der Waals surface area contributed by atoms with E-state index in [1.807, 2.05) is 121 Å². The Morgan fingerprint density at radius 3 is 2.07 bits per heavy atom. The van der Waals surface area contributed by atoms with Crippen molar-refractivity contribution < 1.29 is 14.3 Å². The van der Waals surface area contributed by atoms with Crippen LogP contribution in [0.15, 0.2) is 136 Å². The fourth-order valence-electron chi connectivity index (χ4n) is 4.89. The molecule has 42 heavy (non-hydrogen) atoms. The van der Waals surface area contributed by atoms with E-state index in [-0.39, 0.29) is 12.2 Å². The number of allylic oxidation sites excluding steroid dienone is 1. The highest BCUT2D eigenvalue weighted by Gasteiger charge is 2.33. The number of benzene rings is 4. The van der Waals surface area contributed by atoms with Crippen LogP contribution >= 0.6 is 11.3 Å². The Labute approximate surface area is 247 Å². The van der Waals surface area contributed by atoms with E-state index in [2.05, 4.69) is 0 Å². The molecular formula is C35H28N2O4S. The number of hydrogen-bond donors (Lipinski definition) is 0. The van der Waals surface area contributed by atoms with Crippen molar-refractivity contribution >= 4 is 23.4 Å². The van der Waals surface area contributed by atoms with E-state index < -0.39 is 12.0 Å². The van der Waals surface area contributed by atoms with Crippen LogP contribution < -0.4 is 19.6 Å². The first-order chi connectivity index (χ1) is 20.6. The van der Waals surface area contributed by atoms with Gasteiger partial charge >= 0.3 is 5.97 Å². The van der Waals surface area contributed by atoms with Gasteiger partial charge in [-0.25, -0.2) is 9.79 Å². The fraction of sp³-hybridized carbons (Fsp3) is 0.114.